The van der Waals surface area contributed by atoms with Gasteiger partial charge in [-0.3, -0.25) is 4.79 Å². The highest BCUT2D eigenvalue weighted by atomic mass is 32.2. The Morgan fingerprint density at radius 3 is 2.48 bits per heavy atom. The van der Waals surface area contributed by atoms with Gasteiger partial charge in [0.2, 0.25) is 10.0 Å². The van der Waals surface area contributed by atoms with E-state index in [-0.39, 0.29) is 19.0 Å². The van der Waals surface area contributed by atoms with Crippen molar-refractivity contribution in [2.45, 2.75) is 25.7 Å². The fraction of sp³-hybridized carbons (Fsp3) is 0.350. The Hall–Kier alpha value is -2.78. The third kappa shape index (κ3) is 3.40. The molecule has 0 unspecified atom stereocenters. The van der Waals surface area contributed by atoms with Crippen molar-refractivity contribution in [3.8, 4) is 0 Å². The highest BCUT2D eigenvalue weighted by molar-refractivity contribution is 7.89. The minimum absolute atomic E-state index is 0.167. The molecule has 2 aromatic heterocycles. The lowest BCUT2D eigenvalue weighted by atomic mass is 10.2. The van der Waals surface area contributed by atoms with Crippen LogP contribution in [0.4, 0.5) is 0 Å². The summed E-state index contributed by atoms with van der Waals surface area (Å²) in [6, 6.07) is 7.09. The van der Waals surface area contributed by atoms with E-state index in [4.69, 9.17) is 0 Å². The highest BCUT2D eigenvalue weighted by Gasteiger charge is 2.32. The molecule has 29 heavy (non-hydrogen) atoms. The van der Waals surface area contributed by atoms with Gasteiger partial charge in [-0.25, -0.2) is 17.9 Å². The van der Waals surface area contributed by atoms with Crippen LogP contribution in [0.1, 0.15) is 27.2 Å². The molecule has 0 aliphatic carbocycles. The molecule has 1 aliphatic rings. The van der Waals surface area contributed by atoms with Crippen LogP contribution in [-0.4, -0.2) is 64.3 Å². The standard InChI is InChI=1S/C20H23N5O3S/c1-14-5-6-17(15(2)13-14)29(27,28)24-11-9-23(10-12-24)20(26)18-16(3)22-25-8-4-7-21-19(18)25/h4-8,13H,9-12H2,1-3H3. The lowest BCUT2D eigenvalue weighted by molar-refractivity contribution is 0.0699. The molecule has 1 fully saturated rings. The summed E-state index contributed by atoms with van der Waals surface area (Å²) >= 11 is 0. The van der Waals surface area contributed by atoms with Crippen molar-refractivity contribution in [1.29, 1.82) is 0 Å². The minimum Gasteiger partial charge on any atom is -0.336 e. The molecule has 9 heteroatoms. The van der Waals surface area contributed by atoms with Crippen molar-refractivity contribution in [3.05, 3.63) is 59.0 Å². The number of fused-ring (bicyclic) bond motifs is 1. The zero-order valence-corrected chi connectivity index (χ0v) is 17.5. The second-order valence-electron chi connectivity index (χ2n) is 7.31. The van der Waals surface area contributed by atoms with Crippen molar-refractivity contribution in [2.24, 2.45) is 0 Å². The maximum Gasteiger partial charge on any atom is 0.259 e. The van der Waals surface area contributed by atoms with E-state index >= 15 is 0 Å². The molecule has 1 amide bonds. The third-order valence-electron chi connectivity index (χ3n) is 5.26. The van der Waals surface area contributed by atoms with Crippen LogP contribution in [0.2, 0.25) is 0 Å². The van der Waals surface area contributed by atoms with Crippen LogP contribution < -0.4 is 0 Å². The zero-order valence-electron chi connectivity index (χ0n) is 16.7. The Balaban J connectivity index is 1.53. The predicted molar refractivity (Wildman–Crippen MR) is 108 cm³/mol. The molecule has 8 nitrogen and oxygen atoms in total. The summed E-state index contributed by atoms with van der Waals surface area (Å²) in [6.07, 6.45) is 3.38. The smallest absolute Gasteiger partial charge is 0.259 e. The first-order valence-corrected chi connectivity index (χ1v) is 10.9. The summed E-state index contributed by atoms with van der Waals surface area (Å²) < 4.78 is 29.1. The van der Waals surface area contributed by atoms with E-state index in [9.17, 15) is 13.2 Å². The molecular formula is C20H23N5O3S. The Labute approximate surface area is 169 Å². The van der Waals surface area contributed by atoms with Gasteiger partial charge >= 0.3 is 0 Å². The number of piperazine rings is 1. The van der Waals surface area contributed by atoms with Crippen molar-refractivity contribution in [3.63, 3.8) is 0 Å². The van der Waals surface area contributed by atoms with Crippen LogP contribution in [0.3, 0.4) is 0 Å². The van der Waals surface area contributed by atoms with Crippen molar-refractivity contribution in [1.82, 2.24) is 23.8 Å². The highest BCUT2D eigenvalue weighted by Crippen LogP contribution is 2.23. The van der Waals surface area contributed by atoms with Gasteiger partial charge in [-0.2, -0.15) is 9.40 Å². The van der Waals surface area contributed by atoms with Gasteiger partial charge in [0.15, 0.2) is 5.65 Å². The molecule has 3 aromatic rings. The normalized spacial score (nSPS) is 15.8. The van der Waals surface area contributed by atoms with Gasteiger partial charge in [0.05, 0.1) is 10.6 Å². The fourth-order valence-corrected chi connectivity index (χ4v) is 5.39. The van der Waals surface area contributed by atoms with Crippen LogP contribution in [0.15, 0.2) is 41.6 Å². The van der Waals surface area contributed by atoms with Crippen molar-refractivity contribution < 1.29 is 13.2 Å². The van der Waals surface area contributed by atoms with Gasteiger partial charge in [-0.1, -0.05) is 17.7 Å². The third-order valence-corrected chi connectivity index (χ3v) is 7.32. The van der Waals surface area contributed by atoms with Gasteiger partial charge in [-0.05, 0) is 38.5 Å². The molecule has 0 atom stereocenters. The molecule has 1 aromatic carbocycles. The number of rotatable bonds is 3. The number of amides is 1. The van der Waals surface area contributed by atoms with Crippen LogP contribution >= 0.6 is 0 Å². The van der Waals surface area contributed by atoms with E-state index in [2.05, 4.69) is 10.1 Å². The number of carbonyl (C=O) groups is 1. The van der Waals surface area contributed by atoms with E-state index in [0.717, 1.165) is 11.1 Å². The van der Waals surface area contributed by atoms with E-state index in [1.54, 1.807) is 53.9 Å². The van der Waals surface area contributed by atoms with E-state index in [1.165, 1.54) is 4.31 Å². The first-order valence-electron chi connectivity index (χ1n) is 9.45. The fourth-order valence-electron chi connectivity index (χ4n) is 3.76. The Morgan fingerprint density at radius 2 is 1.79 bits per heavy atom. The number of aryl methyl sites for hydroxylation is 3. The maximum absolute atomic E-state index is 13.1. The van der Waals surface area contributed by atoms with E-state index < -0.39 is 10.0 Å². The predicted octanol–water partition coefficient (Wildman–Crippen LogP) is 1.80. The summed E-state index contributed by atoms with van der Waals surface area (Å²) in [4.78, 5) is 19.4. The largest absolute Gasteiger partial charge is 0.336 e. The second-order valence-corrected chi connectivity index (χ2v) is 9.22. The average Bonchev–Trinajstić information content (AvgIpc) is 3.03. The molecule has 4 rings (SSSR count). The minimum atomic E-state index is -3.59. The number of aromatic nitrogens is 3. The molecule has 0 bridgehead atoms. The Kier molecular flexibility index (Phi) is 4.87. The topological polar surface area (TPSA) is 87.9 Å². The summed E-state index contributed by atoms with van der Waals surface area (Å²) in [5, 5.41) is 4.34. The lowest BCUT2D eigenvalue weighted by Crippen LogP contribution is -2.50. The van der Waals surface area contributed by atoms with E-state index in [1.807, 2.05) is 13.0 Å². The molecule has 0 saturated carbocycles. The molecule has 0 spiro atoms. The molecule has 3 heterocycles. The first-order chi connectivity index (χ1) is 13.8. The molecule has 0 radical (unpaired) electrons. The van der Waals surface area contributed by atoms with Gasteiger partial charge in [0, 0.05) is 38.6 Å². The molecule has 1 aliphatic heterocycles. The number of nitrogens with zero attached hydrogens (tertiary/aromatic N) is 5. The van der Waals surface area contributed by atoms with Crippen LogP contribution in [-0.2, 0) is 10.0 Å². The molecular weight excluding hydrogens is 390 g/mol. The zero-order chi connectivity index (χ0) is 20.8. The SMILES string of the molecule is Cc1ccc(S(=O)(=O)N2CCN(C(=O)c3c(C)nn4cccnc34)CC2)c(C)c1. The Bertz CT molecular complexity index is 1190. The van der Waals surface area contributed by atoms with Crippen LogP contribution in [0.25, 0.3) is 5.65 Å². The van der Waals surface area contributed by atoms with E-state index in [0.29, 0.717) is 34.9 Å². The van der Waals surface area contributed by atoms with Gasteiger partial charge in [0.25, 0.3) is 5.91 Å². The Morgan fingerprint density at radius 1 is 1.07 bits per heavy atom. The maximum atomic E-state index is 13.1. The first kappa shape index (κ1) is 19.5. The number of hydrogen-bond donors (Lipinski definition) is 0. The number of carbonyl (C=O) groups excluding carboxylic acids is 1. The van der Waals surface area contributed by atoms with Crippen LogP contribution in [0, 0.1) is 20.8 Å². The quantitative estimate of drug-likeness (QED) is 0.653. The molecule has 152 valence electrons. The summed E-state index contributed by atoms with van der Waals surface area (Å²) in [6.45, 7) is 6.69. The number of sulfonamides is 1. The molecule has 0 N–H and O–H groups in total. The van der Waals surface area contributed by atoms with Gasteiger partial charge < -0.3 is 4.90 Å². The monoisotopic (exact) mass is 413 g/mol. The van der Waals surface area contributed by atoms with Gasteiger partial charge in [0.1, 0.15) is 5.56 Å². The lowest BCUT2D eigenvalue weighted by Gasteiger charge is -2.34. The average molecular weight is 414 g/mol. The number of benzene rings is 1. The van der Waals surface area contributed by atoms with Crippen molar-refractivity contribution in [2.75, 3.05) is 26.2 Å². The van der Waals surface area contributed by atoms with Crippen LogP contribution in [0.5, 0.6) is 0 Å². The number of hydrogen-bond acceptors (Lipinski definition) is 5. The summed E-state index contributed by atoms with van der Waals surface area (Å²) in [7, 11) is -3.59. The second kappa shape index (κ2) is 7.23. The molecule has 1 saturated heterocycles. The summed E-state index contributed by atoms with van der Waals surface area (Å²) in [5.41, 5.74) is 3.35. The van der Waals surface area contributed by atoms with Gasteiger partial charge in [-0.15, -0.1) is 0 Å². The summed E-state index contributed by atoms with van der Waals surface area (Å²) in [5.74, 6) is -0.167. The van der Waals surface area contributed by atoms with Crippen molar-refractivity contribution >= 4 is 21.6 Å².